The summed E-state index contributed by atoms with van der Waals surface area (Å²) in [6, 6.07) is 20.7. The van der Waals surface area contributed by atoms with Crippen LogP contribution < -0.4 is 9.47 Å². The van der Waals surface area contributed by atoms with Gasteiger partial charge in [-0.25, -0.2) is 9.78 Å². The Hall–Kier alpha value is -3.81. The molecule has 7 nitrogen and oxygen atoms in total. The highest BCUT2D eigenvalue weighted by Gasteiger charge is 2.35. The van der Waals surface area contributed by atoms with Gasteiger partial charge in [-0.1, -0.05) is 54.7 Å². The molecule has 230 valence electrons. The van der Waals surface area contributed by atoms with Crippen LogP contribution in [0.2, 0.25) is 10.0 Å². The molecule has 0 bridgehead atoms. The highest BCUT2D eigenvalue weighted by molar-refractivity contribution is 6.31. The molecule has 2 heterocycles. The van der Waals surface area contributed by atoms with Crippen molar-refractivity contribution in [2.24, 2.45) is 0 Å². The molecule has 1 aliphatic rings. The fraction of sp³-hybridized carbons (Fsp3) is 0.343. The summed E-state index contributed by atoms with van der Waals surface area (Å²) in [4.78, 5) is 19.6. The van der Waals surface area contributed by atoms with Crippen molar-refractivity contribution in [2.75, 3.05) is 13.2 Å². The van der Waals surface area contributed by atoms with E-state index >= 15 is 0 Å². The molecule has 0 aliphatic carbocycles. The van der Waals surface area contributed by atoms with Crippen LogP contribution in [0.25, 0.3) is 5.57 Å². The SMILES string of the molecule is CCCCC1=C(c2cc(Cl)ccc2C)CCN(C(=O)Oc2ccc(Cl)cc2)C1c1ccc(OCCCCn2cncn2)cc1. The van der Waals surface area contributed by atoms with E-state index in [1.54, 1.807) is 36.9 Å². The summed E-state index contributed by atoms with van der Waals surface area (Å²) in [6.07, 6.45) is 8.35. The Bertz CT molecular complexity index is 1550. The van der Waals surface area contributed by atoms with E-state index in [9.17, 15) is 4.79 Å². The van der Waals surface area contributed by atoms with Gasteiger partial charge in [-0.15, -0.1) is 0 Å². The highest BCUT2D eigenvalue weighted by atomic mass is 35.5. The maximum absolute atomic E-state index is 13.8. The van der Waals surface area contributed by atoms with Crippen LogP contribution in [0.1, 0.15) is 68.2 Å². The van der Waals surface area contributed by atoms with E-state index in [0.717, 1.165) is 55.5 Å². The van der Waals surface area contributed by atoms with Gasteiger partial charge in [0, 0.05) is 23.1 Å². The quantitative estimate of drug-likeness (QED) is 0.146. The van der Waals surface area contributed by atoms with Gasteiger partial charge in [-0.05, 0) is 115 Å². The van der Waals surface area contributed by atoms with E-state index in [1.165, 1.54) is 16.7 Å². The lowest BCUT2D eigenvalue weighted by molar-refractivity contribution is 0.136. The molecular formula is C35H38Cl2N4O3. The van der Waals surface area contributed by atoms with Gasteiger partial charge in [-0.2, -0.15) is 5.10 Å². The Kier molecular flexibility index (Phi) is 11.0. The lowest BCUT2D eigenvalue weighted by Crippen LogP contribution is -2.41. The van der Waals surface area contributed by atoms with Crippen LogP contribution in [-0.4, -0.2) is 38.9 Å². The Labute approximate surface area is 269 Å². The first kappa shape index (κ1) is 31.6. The molecule has 0 saturated heterocycles. The third-order valence-corrected chi connectivity index (χ3v) is 8.41. The summed E-state index contributed by atoms with van der Waals surface area (Å²) < 4.78 is 13.8. The normalized spacial score (nSPS) is 15.0. The minimum Gasteiger partial charge on any atom is -0.494 e. The zero-order valence-electron chi connectivity index (χ0n) is 25.2. The number of amides is 1. The van der Waals surface area contributed by atoms with Crippen LogP contribution >= 0.6 is 23.2 Å². The van der Waals surface area contributed by atoms with Crippen LogP contribution in [0.15, 0.2) is 85.0 Å². The van der Waals surface area contributed by atoms with Gasteiger partial charge in [-0.3, -0.25) is 9.58 Å². The van der Waals surface area contributed by atoms with Crippen LogP contribution in [0, 0.1) is 6.92 Å². The number of hydrogen-bond donors (Lipinski definition) is 0. The average molecular weight is 634 g/mol. The van der Waals surface area contributed by atoms with Crippen molar-refractivity contribution in [1.29, 1.82) is 0 Å². The third-order valence-electron chi connectivity index (χ3n) is 7.92. The van der Waals surface area contributed by atoms with Gasteiger partial charge in [0.05, 0.1) is 12.6 Å². The topological polar surface area (TPSA) is 69.5 Å². The lowest BCUT2D eigenvalue weighted by Gasteiger charge is -2.39. The van der Waals surface area contributed by atoms with E-state index in [4.69, 9.17) is 32.7 Å². The molecule has 1 aromatic heterocycles. The van der Waals surface area contributed by atoms with E-state index < -0.39 is 0 Å². The minimum atomic E-state index is -0.388. The maximum Gasteiger partial charge on any atom is 0.416 e. The maximum atomic E-state index is 13.8. The summed E-state index contributed by atoms with van der Waals surface area (Å²) in [7, 11) is 0. The first-order valence-corrected chi connectivity index (χ1v) is 16.0. The molecule has 1 unspecified atom stereocenters. The highest BCUT2D eigenvalue weighted by Crippen LogP contribution is 2.44. The van der Waals surface area contributed by atoms with Crippen molar-refractivity contribution in [3.05, 3.63) is 112 Å². The van der Waals surface area contributed by atoms with Gasteiger partial charge in [0.25, 0.3) is 0 Å². The van der Waals surface area contributed by atoms with Crippen LogP contribution in [0.3, 0.4) is 0 Å². The number of aromatic nitrogens is 3. The smallest absolute Gasteiger partial charge is 0.416 e. The molecule has 0 N–H and O–H groups in total. The first-order valence-electron chi connectivity index (χ1n) is 15.2. The molecule has 1 amide bonds. The number of carbonyl (C=O) groups is 1. The lowest BCUT2D eigenvalue weighted by atomic mass is 9.81. The summed E-state index contributed by atoms with van der Waals surface area (Å²) in [6.45, 7) is 6.24. The minimum absolute atomic E-state index is 0.291. The van der Waals surface area contributed by atoms with Gasteiger partial charge in [0.1, 0.15) is 24.2 Å². The second-order valence-electron chi connectivity index (χ2n) is 11.0. The first-order chi connectivity index (χ1) is 21.4. The molecule has 1 aliphatic heterocycles. The van der Waals surface area contributed by atoms with Gasteiger partial charge in [0.15, 0.2) is 0 Å². The van der Waals surface area contributed by atoms with Crippen LogP contribution in [0.5, 0.6) is 11.5 Å². The molecule has 4 aromatic rings. The Balaban J connectivity index is 1.42. The van der Waals surface area contributed by atoms with Gasteiger partial charge in [0.2, 0.25) is 0 Å². The average Bonchev–Trinajstić information content (AvgIpc) is 3.56. The van der Waals surface area contributed by atoms with Crippen molar-refractivity contribution >= 4 is 34.9 Å². The monoisotopic (exact) mass is 632 g/mol. The van der Waals surface area contributed by atoms with E-state index in [2.05, 4.69) is 48.2 Å². The molecule has 3 aromatic carbocycles. The van der Waals surface area contributed by atoms with Crippen molar-refractivity contribution in [2.45, 2.75) is 65.0 Å². The third kappa shape index (κ3) is 8.01. The van der Waals surface area contributed by atoms with Crippen molar-refractivity contribution < 1.29 is 14.3 Å². The Morgan fingerprint density at radius 3 is 2.43 bits per heavy atom. The van der Waals surface area contributed by atoms with Crippen LogP contribution in [0.4, 0.5) is 4.79 Å². The number of benzene rings is 3. The molecule has 44 heavy (non-hydrogen) atoms. The summed E-state index contributed by atoms with van der Waals surface area (Å²) >= 11 is 12.6. The van der Waals surface area contributed by atoms with E-state index in [0.29, 0.717) is 35.4 Å². The van der Waals surface area contributed by atoms with Crippen molar-refractivity contribution in [1.82, 2.24) is 19.7 Å². The standard InChI is InChI=1S/C35H38Cl2N4O3/c1-3-4-7-32-31(33-22-28(37)11-8-25(33)2)18-20-41(35(42)44-30-16-12-27(36)13-17-30)34(32)26-9-14-29(15-10-26)43-21-6-5-19-40-24-38-23-39-40/h8-17,22-24,34H,3-7,18-21H2,1-2H3. The number of nitrogens with zero attached hydrogens (tertiary/aromatic N) is 4. The predicted octanol–water partition coefficient (Wildman–Crippen LogP) is 9.34. The molecular weight excluding hydrogens is 595 g/mol. The summed E-state index contributed by atoms with van der Waals surface area (Å²) in [5.74, 6) is 1.26. The predicted molar refractivity (Wildman–Crippen MR) is 175 cm³/mol. The van der Waals surface area contributed by atoms with E-state index in [-0.39, 0.29) is 12.1 Å². The number of aryl methyl sites for hydroxylation is 2. The summed E-state index contributed by atoms with van der Waals surface area (Å²) in [5.41, 5.74) is 5.80. The Morgan fingerprint density at radius 1 is 0.955 bits per heavy atom. The fourth-order valence-corrected chi connectivity index (χ4v) is 5.96. The van der Waals surface area contributed by atoms with Crippen LogP contribution in [-0.2, 0) is 6.54 Å². The molecule has 0 saturated carbocycles. The number of hydrogen-bond acceptors (Lipinski definition) is 5. The second kappa shape index (κ2) is 15.3. The molecule has 5 rings (SSSR count). The number of unbranched alkanes of at least 4 members (excludes halogenated alkanes) is 2. The molecule has 0 radical (unpaired) electrons. The molecule has 0 spiro atoms. The fourth-order valence-electron chi connectivity index (χ4n) is 5.66. The molecule has 9 heteroatoms. The number of carbonyl (C=O) groups excluding carboxylic acids is 1. The molecule has 0 fully saturated rings. The van der Waals surface area contributed by atoms with Crippen molar-refractivity contribution in [3.8, 4) is 11.5 Å². The number of halogens is 2. The number of rotatable bonds is 12. The zero-order chi connectivity index (χ0) is 30.9. The summed E-state index contributed by atoms with van der Waals surface area (Å²) in [5, 5.41) is 5.43. The van der Waals surface area contributed by atoms with Gasteiger partial charge < -0.3 is 9.47 Å². The number of ether oxygens (including phenoxy) is 2. The van der Waals surface area contributed by atoms with E-state index in [1.807, 2.05) is 27.8 Å². The zero-order valence-corrected chi connectivity index (χ0v) is 26.7. The second-order valence-corrected chi connectivity index (χ2v) is 11.9. The largest absolute Gasteiger partial charge is 0.494 e. The van der Waals surface area contributed by atoms with Crippen molar-refractivity contribution in [3.63, 3.8) is 0 Å². The molecule has 1 atom stereocenters. The Morgan fingerprint density at radius 2 is 1.70 bits per heavy atom. The van der Waals surface area contributed by atoms with Gasteiger partial charge >= 0.3 is 6.09 Å².